The molecule has 0 aliphatic carbocycles. The first kappa shape index (κ1) is 18.5. The molecule has 0 bridgehead atoms. The van der Waals surface area contributed by atoms with Gasteiger partial charge in [0.05, 0.1) is 12.9 Å². The SMILES string of the molecule is CCCCC(C)n1ccnc1.CCCCOP(O)O. The zero-order valence-corrected chi connectivity index (χ0v) is 13.1. The Kier molecular flexibility index (Phi) is 12.2. The van der Waals surface area contributed by atoms with Crippen molar-refractivity contribution in [1.29, 1.82) is 0 Å². The van der Waals surface area contributed by atoms with Gasteiger partial charge < -0.3 is 18.9 Å². The lowest BCUT2D eigenvalue weighted by Gasteiger charge is -2.11. The first-order valence-corrected chi connectivity index (χ1v) is 8.06. The molecule has 0 aliphatic rings. The minimum absolute atomic E-state index is 0.454. The molecule has 0 saturated carbocycles. The van der Waals surface area contributed by atoms with E-state index in [-0.39, 0.29) is 0 Å². The Labute approximate surface area is 117 Å². The van der Waals surface area contributed by atoms with Crippen molar-refractivity contribution in [2.45, 2.75) is 58.9 Å². The summed E-state index contributed by atoms with van der Waals surface area (Å²) in [5.74, 6) is 0. The average Bonchev–Trinajstić information content (AvgIpc) is 2.90. The Balaban J connectivity index is 0.000000362. The molecule has 1 unspecified atom stereocenters. The van der Waals surface area contributed by atoms with Gasteiger partial charge in [-0.3, -0.25) is 0 Å². The molecule has 6 heteroatoms. The highest BCUT2D eigenvalue weighted by Crippen LogP contribution is 2.24. The van der Waals surface area contributed by atoms with Crippen LogP contribution in [0.4, 0.5) is 0 Å². The Hall–Kier alpha value is -0.480. The van der Waals surface area contributed by atoms with Crippen LogP contribution in [-0.4, -0.2) is 25.9 Å². The van der Waals surface area contributed by atoms with E-state index >= 15 is 0 Å². The fourth-order valence-electron chi connectivity index (χ4n) is 1.47. The number of rotatable bonds is 8. The predicted octanol–water partition coefficient (Wildman–Crippen LogP) is 3.65. The molecule has 1 aromatic heterocycles. The van der Waals surface area contributed by atoms with Crippen molar-refractivity contribution < 1.29 is 14.3 Å². The topological polar surface area (TPSA) is 67.5 Å². The Morgan fingerprint density at radius 1 is 1.26 bits per heavy atom. The number of hydrogen-bond donors (Lipinski definition) is 2. The molecule has 0 spiro atoms. The first-order valence-electron chi connectivity index (χ1n) is 6.90. The van der Waals surface area contributed by atoms with Crippen LogP contribution in [0.15, 0.2) is 18.7 Å². The third-order valence-electron chi connectivity index (χ3n) is 2.71. The fraction of sp³-hybridized carbons (Fsp3) is 0.769. The molecule has 19 heavy (non-hydrogen) atoms. The number of nitrogens with zero attached hydrogens (tertiary/aromatic N) is 2. The minimum Gasteiger partial charge on any atom is -0.335 e. The summed E-state index contributed by atoms with van der Waals surface area (Å²) < 4.78 is 6.62. The molecule has 0 radical (unpaired) electrons. The number of unbranched alkanes of at least 4 members (excludes halogenated alkanes) is 2. The van der Waals surface area contributed by atoms with Gasteiger partial charge in [-0.05, 0) is 19.8 Å². The van der Waals surface area contributed by atoms with Crippen LogP contribution in [0, 0.1) is 0 Å². The Morgan fingerprint density at radius 2 is 1.95 bits per heavy atom. The van der Waals surface area contributed by atoms with Crippen molar-refractivity contribution in [3.8, 4) is 0 Å². The predicted molar refractivity (Wildman–Crippen MR) is 78.7 cm³/mol. The van der Waals surface area contributed by atoms with E-state index < -0.39 is 8.60 Å². The van der Waals surface area contributed by atoms with Gasteiger partial charge in [-0.25, -0.2) is 4.98 Å². The van der Waals surface area contributed by atoms with Gasteiger partial charge in [-0.15, -0.1) is 0 Å². The normalized spacial score (nSPS) is 12.1. The standard InChI is InChI=1S/C9H16N2.C4H11O3P/c1-3-4-5-9(2)11-7-6-10-8-11;1-2-3-4-7-8(5)6/h6-9H,3-5H2,1-2H3;5-6H,2-4H2,1H3. The molecule has 1 rings (SSSR count). The third-order valence-corrected chi connectivity index (χ3v) is 3.13. The summed E-state index contributed by atoms with van der Waals surface area (Å²) in [4.78, 5) is 20.4. The Bertz CT molecular complexity index is 281. The van der Waals surface area contributed by atoms with Crippen molar-refractivity contribution in [2.24, 2.45) is 0 Å². The van der Waals surface area contributed by atoms with E-state index in [1.807, 2.05) is 25.6 Å². The molecule has 1 atom stereocenters. The molecule has 0 amide bonds. The van der Waals surface area contributed by atoms with Gasteiger partial charge in [-0.1, -0.05) is 33.1 Å². The van der Waals surface area contributed by atoms with E-state index in [4.69, 9.17) is 9.79 Å². The van der Waals surface area contributed by atoms with Crippen LogP contribution in [0.3, 0.4) is 0 Å². The molecule has 0 aromatic carbocycles. The molecule has 112 valence electrons. The van der Waals surface area contributed by atoms with Gasteiger partial charge in [0, 0.05) is 18.4 Å². The molecule has 0 fully saturated rings. The molecule has 0 aliphatic heterocycles. The molecule has 5 nitrogen and oxygen atoms in total. The van der Waals surface area contributed by atoms with Gasteiger partial charge in [0.1, 0.15) is 0 Å². The average molecular weight is 290 g/mol. The van der Waals surface area contributed by atoms with Crippen molar-refractivity contribution in [2.75, 3.05) is 6.61 Å². The maximum atomic E-state index is 8.18. The zero-order valence-electron chi connectivity index (χ0n) is 12.2. The van der Waals surface area contributed by atoms with Gasteiger partial charge >= 0.3 is 8.60 Å². The van der Waals surface area contributed by atoms with Crippen LogP contribution in [-0.2, 0) is 4.52 Å². The van der Waals surface area contributed by atoms with Gasteiger partial charge in [0.15, 0.2) is 0 Å². The molecular weight excluding hydrogens is 263 g/mol. The van der Waals surface area contributed by atoms with E-state index in [0.717, 1.165) is 12.8 Å². The third kappa shape index (κ3) is 11.1. The van der Waals surface area contributed by atoms with Crippen molar-refractivity contribution >= 4 is 8.60 Å². The highest BCUT2D eigenvalue weighted by atomic mass is 31.2. The summed E-state index contributed by atoms with van der Waals surface area (Å²) in [6, 6.07) is 0.609. The summed E-state index contributed by atoms with van der Waals surface area (Å²) in [5, 5.41) is 0. The second-order valence-electron chi connectivity index (χ2n) is 4.44. The van der Waals surface area contributed by atoms with Gasteiger partial charge in [0.2, 0.25) is 0 Å². The lowest BCUT2D eigenvalue weighted by Crippen LogP contribution is -2.01. The van der Waals surface area contributed by atoms with Gasteiger partial charge in [0.25, 0.3) is 0 Å². The van der Waals surface area contributed by atoms with E-state index in [2.05, 4.69) is 27.9 Å². The van der Waals surface area contributed by atoms with E-state index in [0.29, 0.717) is 12.6 Å². The van der Waals surface area contributed by atoms with E-state index in [1.54, 1.807) is 0 Å². The number of imidazole rings is 1. The fourth-order valence-corrected chi connectivity index (χ4v) is 1.76. The van der Waals surface area contributed by atoms with Crippen molar-refractivity contribution in [3.63, 3.8) is 0 Å². The zero-order chi connectivity index (χ0) is 14.5. The lowest BCUT2D eigenvalue weighted by molar-refractivity contribution is 0.251. The summed E-state index contributed by atoms with van der Waals surface area (Å²) in [6.07, 6.45) is 11.5. The molecular formula is C13H27N2O3P. The number of aromatic nitrogens is 2. The Morgan fingerprint density at radius 3 is 2.42 bits per heavy atom. The van der Waals surface area contributed by atoms with Crippen LogP contribution in [0.5, 0.6) is 0 Å². The quantitative estimate of drug-likeness (QED) is 0.566. The van der Waals surface area contributed by atoms with Crippen LogP contribution in [0.2, 0.25) is 0 Å². The van der Waals surface area contributed by atoms with Crippen molar-refractivity contribution in [1.82, 2.24) is 9.55 Å². The molecule has 1 heterocycles. The molecule has 0 saturated heterocycles. The molecule has 2 N–H and O–H groups in total. The van der Waals surface area contributed by atoms with E-state index in [9.17, 15) is 0 Å². The lowest BCUT2D eigenvalue weighted by atomic mass is 10.1. The van der Waals surface area contributed by atoms with Gasteiger partial charge in [-0.2, -0.15) is 0 Å². The van der Waals surface area contributed by atoms with Crippen LogP contribution in [0.25, 0.3) is 0 Å². The highest BCUT2D eigenvalue weighted by molar-refractivity contribution is 7.39. The largest absolute Gasteiger partial charge is 0.335 e. The maximum absolute atomic E-state index is 8.18. The van der Waals surface area contributed by atoms with Crippen LogP contribution >= 0.6 is 8.60 Å². The smallest absolute Gasteiger partial charge is 0.327 e. The summed E-state index contributed by atoms with van der Waals surface area (Å²) in [7, 11) is -2.11. The van der Waals surface area contributed by atoms with Crippen LogP contribution in [0.1, 0.15) is 58.9 Å². The maximum Gasteiger partial charge on any atom is 0.327 e. The van der Waals surface area contributed by atoms with Crippen molar-refractivity contribution in [3.05, 3.63) is 18.7 Å². The summed E-state index contributed by atoms with van der Waals surface area (Å²) in [5.41, 5.74) is 0. The molecule has 1 aromatic rings. The summed E-state index contributed by atoms with van der Waals surface area (Å²) >= 11 is 0. The highest BCUT2D eigenvalue weighted by Gasteiger charge is 2.00. The number of hydrogen-bond acceptors (Lipinski definition) is 4. The minimum atomic E-state index is -2.11. The second-order valence-corrected chi connectivity index (χ2v) is 5.20. The second kappa shape index (κ2) is 12.5. The van der Waals surface area contributed by atoms with Crippen LogP contribution < -0.4 is 0 Å². The summed E-state index contributed by atoms with van der Waals surface area (Å²) in [6.45, 7) is 6.92. The monoisotopic (exact) mass is 290 g/mol. The van der Waals surface area contributed by atoms with E-state index in [1.165, 1.54) is 19.3 Å². The first-order chi connectivity index (χ1) is 9.11.